The lowest BCUT2D eigenvalue weighted by molar-refractivity contribution is 0.101. The number of hydrogen-bond donors (Lipinski definition) is 0. The first-order valence-electron chi connectivity index (χ1n) is 7.87. The number of ketones is 1. The van der Waals surface area contributed by atoms with Gasteiger partial charge in [0.1, 0.15) is 11.3 Å². The Kier molecular flexibility index (Phi) is 3.58. The van der Waals surface area contributed by atoms with E-state index >= 15 is 0 Å². The molecule has 0 unspecified atom stereocenters. The maximum Gasteiger partial charge on any atom is 0.336 e. The maximum absolute atomic E-state index is 12.7. The van der Waals surface area contributed by atoms with Crippen molar-refractivity contribution < 1.29 is 13.9 Å². The predicted octanol–water partition coefficient (Wildman–Crippen LogP) is 4.27. The average Bonchev–Trinajstić information content (AvgIpc) is 2.92. The van der Waals surface area contributed by atoms with Gasteiger partial charge in [0.2, 0.25) is 5.78 Å². The third-order valence-electron chi connectivity index (χ3n) is 4.09. The lowest BCUT2D eigenvalue weighted by Crippen LogP contribution is -2.02. The highest BCUT2D eigenvalue weighted by molar-refractivity contribution is 6.18. The number of benzene rings is 2. The van der Waals surface area contributed by atoms with Crippen molar-refractivity contribution in [1.29, 1.82) is 0 Å². The monoisotopic (exact) mass is 330 g/mol. The number of aryl methyl sites for hydroxylation is 1. The van der Waals surface area contributed by atoms with Crippen LogP contribution in [0.25, 0.3) is 17.0 Å². The lowest BCUT2D eigenvalue weighted by Gasteiger charge is -2.02. The fourth-order valence-corrected chi connectivity index (χ4v) is 2.87. The first-order chi connectivity index (χ1) is 12.1. The number of carbonyl (C=O) groups excluding carboxylic acids is 1. The van der Waals surface area contributed by atoms with E-state index in [1.165, 1.54) is 6.07 Å². The van der Waals surface area contributed by atoms with Crippen molar-refractivity contribution in [2.75, 3.05) is 0 Å². The molecule has 0 saturated heterocycles. The highest BCUT2D eigenvalue weighted by Crippen LogP contribution is 2.36. The lowest BCUT2D eigenvalue weighted by atomic mass is 10.0. The van der Waals surface area contributed by atoms with Gasteiger partial charge in [0.25, 0.3) is 0 Å². The summed E-state index contributed by atoms with van der Waals surface area (Å²) < 4.78 is 10.9. The van der Waals surface area contributed by atoms with E-state index in [4.69, 9.17) is 9.15 Å². The van der Waals surface area contributed by atoms with Crippen LogP contribution in [-0.2, 0) is 0 Å². The SMILES string of the molecule is Cc1cc(=O)oc2c3c(ccc12)O/C(=C/C=C/c1ccccc1)C3=O. The molecule has 0 radical (unpaired) electrons. The van der Waals surface area contributed by atoms with Crippen molar-refractivity contribution in [3.05, 3.63) is 93.6 Å². The Balaban J connectivity index is 1.74. The van der Waals surface area contributed by atoms with Crippen molar-refractivity contribution in [1.82, 2.24) is 0 Å². The van der Waals surface area contributed by atoms with E-state index in [2.05, 4.69) is 0 Å². The first-order valence-corrected chi connectivity index (χ1v) is 7.87. The molecular formula is C21H14O4. The van der Waals surface area contributed by atoms with E-state index in [-0.39, 0.29) is 17.1 Å². The molecule has 1 aliphatic rings. The zero-order valence-electron chi connectivity index (χ0n) is 13.5. The van der Waals surface area contributed by atoms with Crippen LogP contribution in [0.2, 0.25) is 0 Å². The smallest absolute Gasteiger partial charge is 0.336 e. The third-order valence-corrected chi connectivity index (χ3v) is 4.09. The highest BCUT2D eigenvalue weighted by atomic mass is 16.5. The summed E-state index contributed by atoms with van der Waals surface area (Å²) in [5.41, 5.74) is 1.89. The molecule has 0 fully saturated rings. The third kappa shape index (κ3) is 2.68. The van der Waals surface area contributed by atoms with Gasteiger partial charge in [-0.1, -0.05) is 42.5 Å². The number of hydrogen-bond acceptors (Lipinski definition) is 4. The highest BCUT2D eigenvalue weighted by Gasteiger charge is 2.30. The number of ether oxygens (including phenoxy) is 1. The van der Waals surface area contributed by atoms with Gasteiger partial charge in [-0.3, -0.25) is 4.79 Å². The van der Waals surface area contributed by atoms with Crippen LogP contribution in [0.4, 0.5) is 0 Å². The number of fused-ring (bicyclic) bond motifs is 3. The van der Waals surface area contributed by atoms with E-state index in [1.807, 2.05) is 43.3 Å². The molecule has 2 heterocycles. The number of carbonyl (C=O) groups is 1. The molecule has 122 valence electrons. The Morgan fingerprint density at radius 1 is 1.00 bits per heavy atom. The van der Waals surface area contributed by atoms with E-state index in [1.54, 1.807) is 24.3 Å². The molecule has 0 amide bonds. The fourth-order valence-electron chi connectivity index (χ4n) is 2.87. The van der Waals surface area contributed by atoms with E-state index in [9.17, 15) is 9.59 Å². The quantitative estimate of drug-likeness (QED) is 0.520. The van der Waals surface area contributed by atoms with Crippen molar-refractivity contribution in [2.45, 2.75) is 6.92 Å². The molecule has 2 aromatic carbocycles. The summed E-state index contributed by atoms with van der Waals surface area (Å²) in [6.45, 7) is 1.81. The Morgan fingerprint density at radius 2 is 1.80 bits per heavy atom. The van der Waals surface area contributed by atoms with Crippen LogP contribution in [0.1, 0.15) is 21.5 Å². The second-order valence-corrected chi connectivity index (χ2v) is 5.80. The van der Waals surface area contributed by atoms with E-state index in [0.29, 0.717) is 11.3 Å². The maximum atomic E-state index is 12.7. The number of Topliss-reactive ketones (excluding diaryl/α,β-unsaturated/α-hetero) is 1. The normalized spacial score (nSPS) is 15.1. The molecule has 1 aromatic heterocycles. The van der Waals surface area contributed by atoms with Crippen LogP contribution in [0.5, 0.6) is 5.75 Å². The summed E-state index contributed by atoms with van der Waals surface area (Å²) in [5, 5.41) is 0.733. The van der Waals surface area contributed by atoms with Crippen molar-refractivity contribution >= 4 is 22.8 Å². The molecule has 25 heavy (non-hydrogen) atoms. The van der Waals surface area contributed by atoms with E-state index in [0.717, 1.165) is 16.5 Å². The Bertz CT molecular complexity index is 1100. The molecule has 0 N–H and O–H groups in total. The summed E-state index contributed by atoms with van der Waals surface area (Å²) in [7, 11) is 0. The molecule has 0 atom stereocenters. The van der Waals surface area contributed by atoms with Crippen molar-refractivity contribution in [3.8, 4) is 5.75 Å². The van der Waals surface area contributed by atoms with Gasteiger partial charge < -0.3 is 9.15 Å². The Labute approximate surface area is 143 Å². The Morgan fingerprint density at radius 3 is 2.60 bits per heavy atom. The zero-order valence-corrected chi connectivity index (χ0v) is 13.5. The molecule has 3 aromatic rings. The van der Waals surface area contributed by atoms with Crippen LogP contribution < -0.4 is 10.4 Å². The standard InChI is InChI=1S/C21H14O4/c1-13-12-18(22)25-21-15(13)10-11-16-19(21)20(23)17(24-16)9-5-8-14-6-3-2-4-7-14/h2-12H,1H3/b8-5+,17-9+. The fraction of sp³-hybridized carbons (Fsp3) is 0.0476. The summed E-state index contributed by atoms with van der Waals surface area (Å²) in [6.07, 6.45) is 5.27. The minimum Gasteiger partial charge on any atom is -0.452 e. The van der Waals surface area contributed by atoms with Crippen LogP contribution in [0.3, 0.4) is 0 Å². The topological polar surface area (TPSA) is 56.5 Å². The van der Waals surface area contributed by atoms with Crippen LogP contribution in [0, 0.1) is 6.92 Å². The average molecular weight is 330 g/mol. The summed E-state index contributed by atoms with van der Waals surface area (Å²) in [5.74, 6) is 0.330. The number of allylic oxidation sites excluding steroid dienone is 3. The minimum atomic E-state index is -0.479. The molecule has 4 heteroatoms. The second-order valence-electron chi connectivity index (χ2n) is 5.80. The van der Waals surface area contributed by atoms with Crippen LogP contribution in [-0.4, -0.2) is 5.78 Å². The summed E-state index contributed by atoms with van der Waals surface area (Å²) in [6, 6.07) is 14.7. The molecule has 0 bridgehead atoms. The van der Waals surface area contributed by atoms with Gasteiger partial charge in [-0.25, -0.2) is 4.79 Å². The summed E-state index contributed by atoms with van der Waals surface area (Å²) in [4.78, 5) is 24.4. The molecular weight excluding hydrogens is 316 g/mol. The molecule has 4 rings (SSSR count). The molecule has 1 aliphatic heterocycles. The van der Waals surface area contributed by atoms with Gasteiger partial charge in [0, 0.05) is 11.5 Å². The Hall–Kier alpha value is -3.40. The molecule has 0 saturated carbocycles. The minimum absolute atomic E-state index is 0.207. The van der Waals surface area contributed by atoms with Gasteiger partial charge in [0.05, 0.1) is 0 Å². The second kappa shape index (κ2) is 5.91. The molecule has 4 nitrogen and oxygen atoms in total. The van der Waals surface area contributed by atoms with Gasteiger partial charge in [-0.15, -0.1) is 0 Å². The predicted molar refractivity (Wildman–Crippen MR) is 95.7 cm³/mol. The largest absolute Gasteiger partial charge is 0.452 e. The molecule has 0 spiro atoms. The van der Waals surface area contributed by atoms with Gasteiger partial charge >= 0.3 is 5.63 Å². The van der Waals surface area contributed by atoms with Crippen molar-refractivity contribution in [3.63, 3.8) is 0 Å². The summed E-state index contributed by atoms with van der Waals surface area (Å²) >= 11 is 0. The van der Waals surface area contributed by atoms with E-state index < -0.39 is 5.63 Å². The van der Waals surface area contributed by atoms with Crippen molar-refractivity contribution in [2.24, 2.45) is 0 Å². The van der Waals surface area contributed by atoms with Gasteiger partial charge in [0.15, 0.2) is 11.3 Å². The van der Waals surface area contributed by atoms with Gasteiger partial charge in [-0.2, -0.15) is 0 Å². The zero-order chi connectivity index (χ0) is 17.4. The number of rotatable bonds is 2. The van der Waals surface area contributed by atoms with Gasteiger partial charge in [-0.05, 0) is 36.3 Å². The first kappa shape index (κ1) is 15.1. The van der Waals surface area contributed by atoms with Crippen LogP contribution in [0.15, 0.2) is 75.7 Å². The molecule has 0 aliphatic carbocycles. The van der Waals surface area contributed by atoms with Crippen LogP contribution >= 0.6 is 0 Å².